The highest BCUT2D eigenvalue weighted by Gasteiger charge is 2.25. The zero-order valence-corrected chi connectivity index (χ0v) is 11.8. The van der Waals surface area contributed by atoms with E-state index in [0.29, 0.717) is 24.8 Å². The smallest absolute Gasteiger partial charge is 0.163 e. The van der Waals surface area contributed by atoms with Gasteiger partial charge >= 0.3 is 0 Å². The van der Waals surface area contributed by atoms with Crippen LogP contribution in [0.4, 0.5) is 11.4 Å². The Labute approximate surface area is 123 Å². The second-order valence-corrected chi connectivity index (χ2v) is 5.56. The second kappa shape index (κ2) is 4.88. The van der Waals surface area contributed by atoms with Gasteiger partial charge in [0.05, 0.1) is 11.4 Å². The molecular formula is C17H18N2O2. The summed E-state index contributed by atoms with van der Waals surface area (Å²) < 4.78 is 11.1. The second-order valence-electron chi connectivity index (χ2n) is 5.56. The molecule has 2 aliphatic rings. The molecule has 4 nitrogen and oxygen atoms in total. The lowest BCUT2D eigenvalue weighted by atomic mass is 9.77. The maximum absolute atomic E-state index is 6.09. The minimum Gasteiger partial charge on any atom is -0.486 e. The molecule has 0 saturated heterocycles. The Morgan fingerprint density at radius 2 is 1.86 bits per heavy atom. The average molecular weight is 282 g/mol. The van der Waals surface area contributed by atoms with Crippen LogP contribution in [0.3, 0.4) is 0 Å². The zero-order chi connectivity index (χ0) is 14.2. The van der Waals surface area contributed by atoms with Crippen LogP contribution in [0.2, 0.25) is 0 Å². The van der Waals surface area contributed by atoms with Gasteiger partial charge in [-0.2, -0.15) is 0 Å². The predicted molar refractivity (Wildman–Crippen MR) is 83.2 cm³/mol. The van der Waals surface area contributed by atoms with E-state index >= 15 is 0 Å². The molecule has 21 heavy (non-hydrogen) atoms. The molecule has 4 rings (SSSR count). The largest absolute Gasteiger partial charge is 0.486 e. The maximum Gasteiger partial charge on any atom is 0.163 e. The van der Waals surface area contributed by atoms with Gasteiger partial charge in [0.2, 0.25) is 0 Å². The van der Waals surface area contributed by atoms with Gasteiger partial charge in [0, 0.05) is 24.6 Å². The predicted octanol–water partition coefficient (Wildman–Crippen LogP) is 2.79. The molecule has 2 aromatic rings. The Hall–Kier alpha value is -2.36. The molecule has 0 spiro atoms. The lowest BCUT2D eigenvalue weighted by Crippen LogP contribution is -2.24. The molecule has 2 aromatic carbocycles. The Balaban J connectivity index is 1.48. The van der Waals surface area contributed by atoms with Crippen molar-refractivity contribution < 1.29 is 9.47 Å². The fourth-order valence-electron chi connectivity index (χ4n) is 3.04. The molecule has 1 unspecified atom stereocenters. The summed E-state index contributed by atoms with van der Waals surface area (Å²) in [6.07, 6.45) is 1.13. The van der Waals surface area contributed by atoms with Gasteiger partial charge in [0.25, 0.3) is 0 Å². The number of hydrogen-bond acceptors (Lipinski definition) is 4. The summed E-state index contributed by atoms with van der Waals surface area (Å²) in [5, 5.41) is 3.45. The Bertz CT molecular complexity index is 684. The van der Waals surface area contributed by atoms with Crippen LogP contribution in [0, 0.1) is 0 Å². The third-order valence-corrected chi connectivity index (χ3v) is 4.21. The van der Waals surface area contributed by atoms with Gasteiger partial charge in [-0.3, -0.25) is 0 Å². The highest BCUT2D eigenvalue weighted by atomic mass is 16.6. The van der Waals surface area contributed by atoms with E-state index in [1.165, 1.54) is 11.1 Å². The first-order chi connectivity index (χ1) is 10.3. The van der Waals surface area contributed by atoms with Crippen molar-refractivity contribution in [3.05, 3.63) is 47.5 Å². The minimum atomic E-state index is 0.564. The molecule has 1 aliphatic heterocycles. The Morgan fingerprint density at radius 1 is 1.10 bits per heavy atom. The van der Waals surface area contributed by atoms with Crippen molar-refractivity contribution in [3.63, 3.8) is 0 Å². The summed E-state index contributed by atoms with van der Waals surface area (Å²) in [6, 6.07) is 12.4. The summed E-state index contributed by atoms with van der Waals surface area (Å²) in [7, 11) is 0. The van der Waals surface area contributed by atoms with Gasteiger partial charge in [-0.25, -0.2) is 0 Å². The van der Waals surface area contributed by atoms with Crippen LogP contribution in [0.1, 0.15) is 17.0 Å². The van der Waals surface area contributed by atoms with Gasteiger partial charge in [-0.15, -0.1) is 0 Å². The highest BCUT2D eigenvalue weighted by molar-refractivity contribution is 5.72. The molecule has 0 aromatic heterocycles. The third-order valence-electron chi connectivity index (χ3n) is 4.21. The number of fused-ring (bicyclic) bond motifs is 2. The molecule has 1 atom stereocenters. The van der Waals surface area contributed by atoms with Crippen molar-refractivity contribution >= 4 is 11.4 Å². The topological polar surface area (TPSA) is 56.5 Å². The molecule has 0 radical (unpaired) electrons. The highest BCUT2D eigenvalue weighted by Crippen LogP contribution is 2.39. The number of hydrogen-bond donors (Lipinski definition) is 2. The minimum absolute atomic E-state index is 0.564. The van der Waals surface area contributed by atoms with Crippen molar-refractivity contribution in [2.24, 2.45) is 0 Å². The molecular weight excluding hydrogens is 264 g/mol. The number of ether oxygens (including phenoxy) is 2. The fourth-order valence-corrected chi connectivity index (χ4v) is 3.04. The SMILES string of the molecule is Nc1cc2c(cc1NCC1Cc3ccccc31)OCCO2. The summed E-state index contributed by atoms with van der Waals surface area (Å²) in [5.74, 6) is 2.07. The van der Waals surface area contributed by atoms with Crippen molar-refractivity contribution in [2.75, 3.05) is 30.8 Å². The number of nitrogens with one attached hydrogen (secondary N) is 1. The number of nitrogen functional groups attached to an aromatic ring is 1. The molecule has 108 valence electrons. The van der Waals surface area contributed by atoms with Crippen molar-refractivity contribution in [2.45, 2.75) is 12.3 Å². The van der Waals surface area contributed by atoms with Crippen LogP contribution in [0.5, 0.6) is 11.5 Å². The van der Waals surface area contributed by atoms with Gasteiger partial charge in [0.15, 0.2) is 11.5 Å². The quantitative estimate of drug-likeness (QED) is 0.850. The summed E-state index contributed by atoms with van der Waals surface area (Å²) in [5.41, 5.74) is 10.6. The van der Waals surface area contributed by atoms with E-state index in [1.807, 2.05) is 12.1 Å². The summed E-state index contributed by atoms with van der Waals surface area (Å²) in [4.78, 5) is 0. The first kappa shape index (κ1) is 12.4. The standard InChI is InChI=1S/C17H18N2O2/c18-14-8-16-17(21-6-5-20-16)9-15(14)19-10-12-7-11-3-1-2-4-13(11)12/h1-4,8-9,12,19H,5-7,10,18H2. The first-order valence-corrected chi connectivity index (χ1v) is 7.32. The molecule has 0 fully saturated rings. The van der Waals surface area contributed by atoms with Crippen LogP contribution in [0.15, 0.2) is 36.4 Å². The third kappa shape index (κ3) is 2.17. The van der Waals surface area contributed by atoms with Gasteiger partial charge in [0.1, 0.15) is 13.2 Å². The van der Waals surface area contributed by atoms with E-state index < -0.39 is 0 Å². The molecule has 0 bridgehead atoms. The summed E-state index contributed by atoms with van der Waals surface area (Å²) in [6.45, 7) is 2.06. The molecule has 0 saturated carbocycles. The van der Waals surface area contributed by atoms with E-state index in [9.17, 15) is 0 Å². The van der Waals surface area contributed by atoms with Crippen molar-refractivity contribution in [1.82, 2.24) is 0 Å². The lowest BCUT2D eigenvalue weighted by molar-refractivity contribution is 0.172. The van der Waals surface area contributed by atoms with E-state index in [1.54, 1.807) is 0 Å². The molecule has 1 heterocycles. The van der Waals surface area contributed by atoms with Crippen LogP contribution >= 0.6 is 0 Å². The van der Waals surface area contributed by atoms with E-state index in [2.05, 4.69) is 29.6 Å². The normalized spacial score (nSPS) is 18.6. The molecule has 4 heteroatoms. The van der Waals surface area contributed by atoms with Crippen molar-refractivity contribution in [3.8, 4) is 11.5 Å². The molecule has 1 aliphatic carbocycles. The van der Waals surface area contributed by atoms with E-state index in [0.717, 1.165) is 30.2 Å². The monoisotopic (exact) mass is 282 g/mol. The number of anilines is 2. The Kier molecular flexibility index (Phi) is 2.88. The lowest BCUT2D eigenvalue weighted by Gasteiger charge is -2.31. The van der Waals surface area contributed by atoms with Crippen LogP contribution in [-0.4, -0.2) is 19.8 Å². The van der Waals surface area contributed by atoms with Crippen molar-refractivity contribution in [1.29, 1.82) is 0 Å². The van der Waals surface area contributed by atoms with Crippen LogP contribution in [0.25, 0.3) is 0 Å². The number of nitrogens with two attached hydrogens (primary N) is 1. The number of rotatable bonds is 3. The van der Waals surface area contributed by atoms with Gasteiger partial charge in [-0.1, -0.05) is 24.3 Å². The van der Waals surface area contributed by atoms with Gasteiger partial charge in [-0.05, 0) is 17.5 Å². The van der Waals surface area contributed by atoms with Crippen LogP contribution in [-0.2, 0) is 6.42 Å². The average Bonchev–Trinajstić information content (AvgIpc) is 2.48. The van der Waals surface area contributed by atoms with E-state index in [-0.39, 0.29) is 0 Å². The molecule has 3 N–H and O–H groups in total. The van der Waals surface area contributed by atoms with E-state index in [4.69, 9.17) is 15.2 Å². The Morgan fingerprint density at radius 3 is 2.67 bits per heavy atom. The first-order valence-electron chi connectivity index (χ1n) is 7.32. The number of benzene rings is 2. The van der Waals surface area contributed by atoms with Crippen LogP contribution < -0.4 is 20.5 Å². The van der Waals surface area contributed by atoms with Gasteiger partial charge < -0.3 is 20.5 Å². The maximum atomic E-state index is 6.09. The summed E-state index contributed by atoms with van der Waals surface area (Å²) >= 11 is 0. The zero-order valence-electron chi connectivity index (χ0n) is 11.8. The molecule has 0 amide bonds. The fraction of sp³-hybridized carbons (Fsp3) is 0.294.